The SMILES string of the molecule is CC1=C(F)OC(c2ccc(C3CCC(C)CO3)cc2)CC1. The standard InChI is InChI=1S/C18H23FO2/c1-12-3-9-16(20-11-12)14-5-7-15(8-6-14)17-10-4-13(2)18(19)21-17/h5-8,12,16-17H,3-4,9-11H2,1-2H3. The Morgan fingerprint density at radius 2 is 1.67 bits per heavy atom. The van der Waals surface area contributed by atoms with Crippen LogP contribution in [0.25, 0.3) is 0 Å². The predicted molar refractivity (Wildman–Crippen MR) is 80.4 cm³/mol. The number of ether oxygens (including phenoxy) is 2. The molecule has 0 radical (unpaired) electrons. The number of allylic oxidation sites excluding steroid dienone is 1. The lowest BCUT2D eigenvalue weighted by molar-refractivity contribution is -0.0124. The predicted octanol–water partition coefficient (Wildman–Crippen LogP) is 5.23. The molecule has 3 atom stereocenters. The third kappa shape index (κ3) is 3.29. The molecular weight excluding hydrogens is 267 g/mol. The Labute approximate surface area is 126 Å². The molecule has 0 bridgehead atoms. The van der Waals surface area contributed by atoms with Crippen molar-refractivity contribution in [1.29, 1.82) is 0 Å². The lowest BCUT2D eigenvalue weighted by Gasteiger charge is -2.28. The number of halogens is 1. The zero-order valence-corrected chi connectivity index (χ0v) is 12.8. The fraction of sp³-hybridized carbons (Fsp3) is 0.556. The number of hydrogen-bond acceptors (Lipinski definition) is 2. The molecule has 21 heavy (non-hydrogen) atoms. The highest BCUT2D eigenvalue weighted by molar-refractivity contribution is 5.27. The van der Waals surface area contributed by atoms with Gasteiger partial charge in [-0.1, -0.05) is 31.2 Å². The van der Waals surface area contributed by atoms with Gasteiger partial charge in [-0.3, -0.25) is 0 Å². The first kappa shape index (κ1) is 14.6. The lowest BCUT2D eigenvalue weighted by atomic mass is 9.94. The van der Waals surface area contributed by atoms with Gasteiger partial charge < -0.3 is 9.47 Å². The molecule has 0 aliphatic carbocycles. The average molecular weight is 290 g/mol. The second-order valence-electron chi connectivity index (χ2n) is 6.37. The summed E-state index contributed by atoms with van der Waals surface area (Å²) in [7, 11) is 0. The minimum absolute atomic E-state index is 0.157. The van der Waals surface area contributed by atoms with Crippen LogP contribution in [-0.2, 0) is 9.47 Å². The van der Waals surface area contributed by atoms with Gasteiger partial charge in [0, 0.05) is 6.61 Å². The van der Waals surface area contributed by atoms with E-state index in [0.717, 1.165) is 31.4 Å². The molecule has 1 aromatic carbocycles. The number of benzene rings is 1. The molecule has 0 spiro atoms. The van der Waals surface area contributed by atoms with E-state index < -0.39 is 6.01 Å². The van der Waals surface area contributed by atoms with Crippen molar-refractivity contribution in [3.63, 3.8) is 0 Å². The van der Waals surface area contributed by atoms with Gasteiger partial charge in [-0.2, -0.15) is 4.39 Å². The maximum Gasteiger partial charge on any atom is 0.272 e. The first-order valence-corrected chi connectivity index (χ1v) is 7.87. The number of hydrogen-bond donors (Lipinski definition) is 0. The van der Waals surface area contributed by atoms with Crippen LogP contribution in [-0.4, -0.2) is 6.61 Å². The van der Waals surface area contributed by atoms with E-state index in [0.29, 0.717) is 11.5 Å². The molecule has 2 aliphatic heterocycles. The van der Waals surface area contributed by atoms with Crippen LogP contribution in [0.2, 0.25) is 0 Å². The van der Waals surface area contributed by atoms with Crippen molar-refractivity contribution in [2.45, 2.75) is 51.7 Å². The summed E-state index contributed by atoms with van der Waals surface area (Å²) in [5, 5.41) is 0. The maximum atomic E-state index is 13.6. The summed E-state index contributed by atoms with van der Waals surface area (Å²) in [6, 6.07) is 7.90. The third-order valence-corrected chi connectivity index (χ3v) is 4.55. The van der Waals surface area contributed by atoms with Crippen molar-refractivity contribution >= 4 is 0 Å². The van der Waals surface area contributed by atoms with E-state index in [9.17, 15) is 4.39 Å². The molecule has 3 unspecified atom stereocenters. The number of rotatable bonds is 2. The molecule has 0 saturated carbocycles. The zero-order valence-electron chi connectivity index (χ0n) is 12.8. The molecule has 114 valence electrons. The summed E-state index contributed by atoms with van der Waals surface area (Å²) in [6.45, 7) is 4.85. The summed E-state index contributed by atoms with van der Waals surface area (Å²) < 4.78 is 24.8. The van der Waals surface area contributed by atoms with Crippen molar-refractivity contribution in [2.24, 2.45) is 5.92 Å². The van der Waals surface area contributed by atoms with Gasteiger partial charge in [-0.15, -0.1) is 0 Å². The van der Waals surface area contributed by atoms with Gasteiger partial charge >= 0.3 is 0 Å². The van der Waals surface area contributed by atoms with E-state index in [1.165, 1.54) is 12.0 Å². The molecule has 0 aromatic heterocycles. The van der Waals surface area contributed by atoms with Crippen LogP contribution in [0.3, 0.4) is 0 Å². The molecule has 0 N–H and O–H groups in total. The monoisotopic (exact) mass is 290 g/mol. The van der Waals surface area contributed by atoms with Crippen LogP contribution in [0.5, 0.6) is 0 Å². The molecular formula is C18H23FO2. The van der Waals surface area contributed by atoms with Gasteiger partial charge in [-0.05, 0) is 55.2 Å². The molecule has 3 heteroatoms. The fourth-order valence-electron chi connectivity index (χ4n) is 3.04. The van der Waals surface area contributed by atoms with Crippen LogP contribution in [0.15, 0.2) is 35.9 Å². The molecule has 2 aliphatic rings. The molecule has 2 nitrogen and oxygen atoms in total. The van der Waals surface area contributed by atoms with Gasteiger partial charge in [0.05, 0.1) is 6.10 Å². The molecule has 1 saturated heterocycles. The van der Waals surface area contributed by atoms with Gasteiger partial charge in [0.15, 0.2) is 0 Å². The van der Waals surface area contributed by atoms with E-state index in [-0.39, 0.29) is 12.2 Å². The first-order valence-electron chi connectivity index (χ1n) is 7.87. The Balaban J connectivity index is 1.67. The normalized spacial score (nSPS) is 30.1. The quantitative estimate of drug-likeness (QED) is 0.742. The molecule has 2 heterocycles. The van der Waals surface area contributed by atoms with Crippen LogP contribution in [0.4, 0.5) is 4.39 Å². The summed E-state index contributed by atoms with van der Waals surface area (Å²) in [5.41, 5.74) is 2.98. The summed E-state index contributed by atoms with van der Waals surface area (Å²) in [4.78, 5) is 0. The molecule has 3 rings (SSSR count). The summed E-state index contributed by atoms with van der Waals surface area (Å²) in [6.07, 6.45) is 3.96. The lowest BCUT2D eigenvalue weighted by Crippen LogP contribution is -2.18. The van der Waals surface area contributed by atoms with Crippen molar-refractivity contribution in [1.82, 2.24) is 0 Å². The first-order chi connectivity index (χ1) is 10.1. The van der Waals surface area contributed by atoms with Crippen LogP contribution < -0.4 is 0 Å². The van der Waals surface area contributed by atoms with Gasteiger partial charge in [0.25, 0.3) is 6.01 Å². The minimum atomic E-state index is -0.403. The Kier molecular flexibility index (Phi) is 4.29. The fourth-order valence-corrected chi connectivity index (χ4v) is 3.04. The third-order valence-electron chi connectivity index (χ3n) is 4.55. The van der Waals surface area contributed by atoms with Gasteiger partial charge in [-0.25, -0.2) is 0 Å². The van der Waals surface area contributed by atoms with Crippen LogP contribution in [0, 0.1) is 5.92 Å². The summed E-state index contributed by atoms with van der Waals surface area (Å²) in [5.74, 6) is 0.661. The van der Waals surface area contributed by atoms with Gasteiger partial charge in [0.1, 0.15) is 6.10 Å². The smallest absolute Gasteiger partial charge is 0.272 e. The Morgan fingerprint density at radius 1 is 1.00 bits per heavy atom. The van der Waals surface area contributed by atoms with Crippen molar-refractivity contribution in [3.8, 4) is 0 Å². The highest BCUT2D eigenvalue weighted by atomic mass is 19.1. The molecule has 1 fully saturated rings. The van der Waals surface area contributed by atoms with Crippen LogP contribution in [0.1, 0.15) is 62.9 Å². The van der Waals surface area contributed by atoms with Crippen molar-refractivity contribution in [2.75, 3.05) is 6.61 Å². The van der Waals surface area contributed by atoms with Crippen molar-refractivity contribution < 1.29 is 13.9 Å². The minimum Gasteiger partial charge on any atom is -0.463 e. The van der Waals surface area contributed by atoms with Crippen LogP contribution >= 0.6 is 0 Å². The van der Waals surface area contributed by atoms with E-state index in [1.54, 1.807) is 6.92 Å². The molecule has 1 aromatic rings. The van der Waals surface area contributed by atoms with E-state index in [1.807, 2.05) is 0 Å². The van der Waals surface area contributed by atoms with E-state index >= 15 is 0 Å². The van der Waals surface area contributed by atoms with Gasteiger partial charge in [0.2, 0.25) is 0 Å². The van der Waals surface area contributed by atoms with Crippen molar-refractivity contribution in [3.05, 3.63) is 47.0 Å². The maximum absolute atomic E-state index is 13.6. The Morgan fingerprint density at radius 3 is 2.24 bits per heavy atom. The highest BCUT2D eigenvalue weighted by Crippen LogP contribution is 2.35. The summed E-state index contributed by atoms with van der Waals surface area (Å²) >= 11 is 0. The zero-order chi connectivity index (χ0) is 14.8. The highest BCUT2D eigenvalue weighted by Gasteiger charge is 2.23. The second kappa shape index (κ2) is 6.18. The Bertz CT molecular complexity index is 513. The van der Waals surface area contributed by atoms with E-state index in [4.69, 9.17) is 9.47 Å². The Hall–Kier alpha value is -1.35. The molecule has 0 amide bonds. The largest absolute Gasteiger partial charge is 0.463 e. The average Bonchev–Trinajstić information content (AvgIpc) is 2.51. The van der Waals surface area contributed by atoms with E-state index in [2.05, 4.69) is 31.2 Å². The topological polar surface area (TPSA) is 18.5 Å². The second-order valence-corrected chi connectivity index (χ2v) is 6.37.